The topological polar surface area (TPSA) is 20.2 Å². The average Bonchev–Trinajstić information content (AvgIpc) is 1.55. The van der Waals surface area contributed by atoms with Crippen molar-refractivity contribution in [3.05, 3.63) is 0 Å². The fourth-order valence-electron chi connectivity index (χ4n) is 1.52. The highest BCUT2D eigenvalue weighted by molar-refractivity contribution is 6.17. The molecule has 0 spiro atoms. The van der Waals surface area contributed by atoms with Crippen LogP contribution in [0, 0.1) is 5.41 Å². The molecule has 0 saturated carbocycles. The molecule has 0 unspecified atom stereocenters. The Morgan fingerprint density at radius 1 is 1.18 bits per heavy atom. The lowest BCUT2D eigenvalue weighted by Gasteiger charge is -2.30. The zero-order valence-electron chi connectivity index (χ0n) is 7.95. The van der Waals surface area contributed by atoms with Crippen molar-refractivity contribution in [2.45, 2.75) is 46.1 Å². The van der Waals surface area contributed by atoms with Crippen molar-refractivity contribution >= 4 is 11.6 Å². The van der Waals surface area contributed by atoms with Gasteiger partial charge >= 0.3 is 0 Å². The Morgan fingerprint density at radius 3 is 1.91 bits per heavy atom. The summed E-state index contributed by atoms with van der Waals surface area (Å²) in [5.74, 6) is 0.670. The second-order valence-electron chi connectivity index (χ2n) is 4.59. The fourth-order valence-corrected chi connectivity index (χ4v) is 2.03. The molecule has 0 aliphatic heterocycles. The van der Waals surface area contributed by atoms with Crippen LogP contribution in [0.2, 0.25) is 0 Å². The van der Waals surface area contributed by atoms with Crippen LogP contribution in [0.4, 0.5) is 0 Å². The number of hydrogen-bond donors (Lipinski definition) is 1. The van der Waals surface area contributed by atoms with Gasteiger partial charge in [-0.15, -0.1) is 11.6 Å². The van der Waals surface area contributed by atoms with Gasteiger partial charge in [0.1, 0.15) is 0 Å². The van der Waals surface area contributed by atoms with Crippen LogP contribution in [0.1, 0.15) is 40.5 Å². The lowest BCUT2D eigenvalue weighted by Crippen LogP contribution is -2.28. The predicted molar refractivity (Wildman–Crippen MR) is 50.0 cm³/mol. The van der Waals surface area contributed by atoms with Gasteiger partial charge in [-0.2, -0.15) is 0 Å². The molecule has 0 aromatic heterocycles. The van der Waals surface area contributed by atoms with Crippen molar-refractivity contribution in [1.82, 2.24) is 0 Å². The smallest absolute Gasteiger partial charge is 0.0596 e. The van der Waals surface area contributed by atoms with Crippen molar-refractivity contribution in [2.24, 2.45) is 5.41 Å². The van der Waals surface area contributed by atoms with E-state index in [4.69, 9.17) is 11.6 Å². The van der Waals surface area contributed by atoms with E-state index in [0.29, 0.717) is 5.88 Å². The SMILES string of the molecule is CC(C)(O)CC(C)(C)CCCl. The summed E-state index contributed by atoms with van der Waals surface area (Å²) >= 11 is 5.63. The average molecular weight is 179 g/mol. The van der Waals surface area contributed by atoms with Crippen molar-refractivity contribution in [3.8, 4) is 0 Å². The van der Waals surface area contributed by atoms with Crippen LogP contribution in [0.15, 0.2) is 0 Å². The molecule has 1 nitrogen and oxygen atoms in total. The summed E-state index contributed by atoms with van der Waals surface area (Å²) in [7, 11) is 0. The highest BCUT2D eigenvalue weighted by atomic mass is 35.5. The Kier molecular flexibility index (Phi) is 3.86. The van der Waals surface area contributed by atoms with Crippen LogP contribution in [0.3, 0.4) is 0 Å². The van der Waals surface area contributed by atoms with Crippen LogP contribution in [-0.4, -0.2) is 16.6 Å². The summed E-state index contributed by atoms with van der Waals surface area (Å²) < 4.78 is 0. The highest BCUT2D eigenvalue weighted by Gasteiger charge is 2.25. The summed E-state index contributed by atoms with van der Waals surface area (Å²) in [6, 6.07) is 0. The number of aliphatic hydroxyl groups is 1. The third-order valence-corrected chi connectivity index (χ3v) is 1.87. The lowest BCUT2D eigenvalue weighted by atomic mass is 9.80. The zero-order chi connectivity index (χ0) is 9.12. The van der Waals surface area contributed by atoms with E-state index in [1.54, 1.807) is 0 Å². The van der Waals surface area contributed by atoms with E-state index in [9.17, 15) is 5.11 Å². The van der Waals surface area contributed by atoms with Gasteiger partial charge in [0.15, 0.2) is 0 Å². The van der Waals surface area contributed by atoms with Gasteiger partial charge < -0.3 is 5.11 Å². The molecule has 0 rings (SSSR count). The molecule has 0 amide bonds. The maximum atomic E-state index is 9.54. The van der Waals surface area contributed by atoms with Gasteiger partial charge in [0.25, 0.3) is 0 Å². The fraction of sp³-hybridized carbons (Fsp3) is 1.00. The number of alkyl halides is 1. The highest BCUT2D eigenvalue weighted by Crippen LogP contribution is 2.31. The van der Waals surface area contributed by atoms with Crippen molar-refractivity contribution < 1.29 is 5.11 Å². The molecule has 0 aromatic rings. The predicted octanol–water partition coefficient (Wildman–Crippen LogP) is 2.80. The van der Waals surface area contributed by atoms with E-state index in [0.717, 1.165) is 12.8 Å². The van der Waals surface area contributed by atoms with E-state index in [-0.39, 0.29) is 5.41 Å². The van der Waals surface area contributed by atoms with Crippen molar-refractivity contribution in [2.75, 3.05) is 5.88 Å². The monoisotopic (exact) mass is 178 g/mol. The molecule has 0 bridgehead atoms. The Hall–Kier alpha value is 0.250. The van der Waals surface area contributed by atoms with Gasteiger partial charge in [0.2, 0.25) is 0 Å². The van der Waals surface area contributed by atoms with Crippen LogP contribution in [0.5, 0.6) is 0 Å². The molecular weight excluding hydrogens is 160 g/mol. The maximum Gasteiger partial charge on any atom is 0.0596 e. The zero-order valence-corrected chi connectivity index (χ0v) is 8.70. The summed E-state index contributed by atoms with van der Waals surface area (Å²) in [5.41, 5.74) is -0.421. The van der Waals surface area contributed by atoms with Gasteiger partial charge in [-0.3, -0.25) is 0 Å². The second kappa shape index (κ2) is 3.77. The summed E-state index contributed by atoms with van der Waals surface area (Å²) in [4.78, 5) is 0. The standard InChI is InChI=1S/C9H19ClO/c1-8(2,5-6-10)7-9(3,4)11/h11H,5-7H2,1-4H3. The first-order valence-corrected chi connectivity index (χ1v) is 4.59. The molecule has 0 saturated heterocycles. The minimum Gasteiger partial charge on any atom is -0.390 e. The number of rotatable bonds is 4. The Balaban J connectivity index is 3.91. The summed E-state index contributed by atoms with van der Waals surface area (Å²) in [6.45, 7) is 7.94. The molecule has 0 fully saturated rings. The Morgan fingerprint density at radius 2 is 1.64 bits per heavy atom. The van der Waals surface area contributed by atoms with Crippen LogP contribution in [0.25, 0.3) is 0 Å². The van der Waals surface area contributed by atoms with Gasteiger partial charge in [-0.1, -0.05) is 13.8 Å². The molecule has 0 aliphatic rings. The van der Waals surface area contributed by atoms with Crippen LogP contribution < -0.4 is 0 Å². The minimum absolute atomic E-state index is 0.153. The molecule has 0 atom stereocenters. The second-order valence-corrected chi connectivity index (χ2v) is 4.97. The molecule has 0 aliphatic carbocycles. The van der Waals surface area contributed by atoms with E-state index < -0.39 is 5.60 Å². The number of halogens is 1. The summed E-state index contributed by atoms with van der Waals surface area (Å²) in [5, 5.41) is 9.54. The lowest BCUT2D eigenvalue weighted by molar-refractivity contribution is 0.0310. The van der Waals surface area contributed by atoms with Crippen LogP contribution in [-0.2, 0) is 0 Å². The molecule has 2 heteroatoms. The molecular formula is C9H19ClO. The van der Waals surface area contributed by atoms with E-state index in [1.807, 2.05) is 13.8 Å². The molecule has 11 heavy (non-hydrogen) atoms. The van der Waals surface area contributed by atoms with E-state index in [2.05, 4.69) is 13.8 Å². The van der Waals surface area contributed by atoms with Crippen molar-refractivity contribution in [3.63, 3.8) is 0 Å². The van der Waals surface area contributed by atoms with Gasteiger partial charge in [0, 0.05) is 5.88 Å². The van der Waals surface area contributed by atoms with Gasteiger partial charge in [0.05, 0.1) is 5.60 Å². The molecule has 0 heterocycles. The largest absolute Gasteiger partial charge is 0.390 e. The first-order valence-electron chi connectivity index (χ1n) is 4.05. The quantitative estimate of drug-likeness (QED) is 0.657. The molecule has 68 valence electrons. The first kappa shape index (κ1) is 11.2. The number of hydrogen-bond acceptors (Lipinski definition) is 1. The normalized spacial score (nSPS) is 13.6. The van der Waals surface area contributed by atoms with E-state index >= 15 is 0 Å². The van der Waals surface area contributed by atoms with Crippen molar-refractivity contribution in [1.29, 1.82) is 0 Å². The van der Waals surface area contributed by atoms with E-state index in [1.165, 1.54) is 0 Å². The Bertz CT molecular complexity index is 113. The summed E-state index contributed by atoms with van der Waals surface area (Å²) in [6.07, 6.45) is 1.76. The van der Waals surface area contributed by atoms with Gasteiger partial charge in [-0.05, 0) is 32.1 Å². The minimum atomic E-state index is -0.574. The molecule has 0 radical (unpaired) electrons. The third kappa shape index (κ3) is 6.64. The molecule has 0 aromatic carbocycles. The van der Waals surface area contributed by atoms with Gasteiger partial charge in [-0.25, -0.2) is 0 Å². The third-order valence-electron chi connectivity index (χ3n) is 1.68. The van der Waals surface area contributed by atoms with Crippen LogP contribution >= 0.6 is 11.6 Å². The molecule has 1 N–H and O–H groups in total. The Labute approximate surface area is 74.8 Å². The maximum absolute atomic E-state index is 9.54. The first-order chi connectivity index (χ1) is 4.77.